The van der Waals surface area contributed by atoms with Crippen LogP contribution in [0.4, 0.5) is 4.39 Å². The lowest BCUT2D eigenvalue weighted by Gasteiger charge is -2.58. The molecule has 2 aliphatic heterocycles. The third kappa shape index (κ3) is 4.01. The molecule has 0 bridgehead atoms. The highest BCUT2D eigenvalue weighted by molar-refractivity contribution is 5.88. The van der Waals surface area contributed by atoms with E-state index in [0.29, 0.717) is 24.4 Å². The zero-order chi connectivity index (χ0) is 22.2. The van der Waals surface area contributed by atoms with Crippen LogP contribution in [0.2, 0.25) is 0 Å². The van der Waals surface area contributed by atoms with Crippen LogP contribution in [0.1, 0.15) is 41.9 Å². The normalized spacial score (nSPS) is 24.3. The third-order valence-electron chi connectivity index (χ3n) is 6.74. The zero-order valence-corrected chi connectivity index (χ0v) is 17.7. The lowest BCUT2D eigenvalue weighted by Crippen LogP contribution is -2.73. The lowest BCUT2D eigenvalue weighted by molar-refractivity contribution is -0.167. The van der Waals surface area contributed by atoms with E-state index in [1.807, 2.05) is 24.3 Å². The number of halogens is 1. The summed E-state index contributed by atoms with van der Waals surface area (Å²) in [6.45, 7) is 0.517. The number of piperazine rings is 1. The van der Waals surface area contributed by atoms with Gasteiger partial charge in [-0.3, -0.25) is 9.59 Å². The molecule has 5 rings (SSSR count). The van der Waals surface area contributed by atoms with Crippen molar-refractivity contribution in [2.75, 3.05) is 19.7 Å². The fraction of sp³-hybridized carbons (Fsp3) is 0.385. The summed E-state index contributed by atoms with van der Waals surface area (Å²) in [7, 11) is 0. The number of fused-ring (bicyclic) bond motifs is 1. The number of rotatable bonds is 4. The Hall–Kier alpha value is -3.17. The van der Waals surface area contributed by atoms with Crippen molar-refractivity contribution >= 4 is 11.8 Å². The molecule has 2 amide bonds. The maximum absolute atomic E-state index is 13.3. The molecule has 1 N–H and O–H groups in total. The maximum atomic E-state index is 13.3. The molecular formula is C26H25FN2O3. The van der Waals surface area contributed by atoms with Crippen LogP contribution in [0.15, 0.2) is 48.5 Å². The molecule has 0 unspecified atom stereocenters. The second-order valence-electron chi connectivity index (χ2n) is 8.95. The van der Waals surface area contributed by atoms with Crippen LogP contribution in [0, 0.1) is 23.6 Å². The standard InChI is InChI=1S/C26H25FN2O3/c27-21-3-1-2-18(12-21)5-4-17-8-10-20(11-9-17)26-22-14-28(24(31)13-19-6-7-19)15-25(32)29(22)23(26)16-30/h1-3,8-12,19,22-23,26,30H,6-7,13-16H2/t22-,23+,26+/m0/s1. The summed E-state index contributed by atoms with van der Waals surface area (Å²) in [4.78, 5) is 28.7. The van der Waals surface area contributed by atoms with E-state index in [2.05, 4.69) is 11.8 Å². The molecule has 5 nitrogen and oxygen atoms in total. The Balaban J connectivity index is 1.32. The predicted octanol–water partition coefficient (Wildman–Crippen LogP) is 2.52. The second kappa shape index (κ2) is 8.40. The minimum absolute atomic E-state index is 0.0225. The Bertz CT molecular complexity index is 1100. The summed E-state index contributed by atoms with van der Waals surface area (Å²) >= 11 is 0. The first kappa shape index (κ1) is 20.7. The first-order valence-electron chi connectivity index (χ1n) is 11.1. The van der Waals surface area contributed by atoms with Gasteiger partial charge < -0.3 is 14.9 Å². The zero-order valence-electron chi connectivity index (χ0n) is 17.7. The smallest absolute Gasteiger partial charge is 0.242 e. The van der Waals surface area contributed by atoms with Gasteiger partial charge >= 0.3 is 0 Å². The minimum atomic E-state index is -0.316. The molecule has 2 aromatic carbocycles. The van der Waals surface area contributed by atoms with Crippen molar-refractivity contribution in [2.45, 2.75) is 37.3 Å². The van der Waals surface area contributed by atoms with E-state index in [9.17, 15) is 19.1 Å². The van der Waals surface area contributed by atoms with Gasteiger partial charge in [-0.05, 0) is 54.7 Å². The van der Waals surface area contributed by atoms with Gasteiger partial charge in [0.15, 0.2) is 0 Å². The van der Waals surface area contributed by atoms with Crippen molar-refractivity contribution in [3.05, 3.63) is 71.0 Å². The Morgan fingerprint density at radius 2 is 1.84 bits per heavy atom. The van der Waals surface area contributed by atoms with Gasteiger partial charge in [-0.2, -0.15) is 0 Å². The number of hydrogen-bond acceptors (Lipinski definition) is 3. The summed E-state index contributed by atoms with van der Waals surface area (Å²) in [5.74, 6) is 6.13. The highest BCUT2D eigenvalue weighted by Gasteiger charge is 2.54. The van der Waals surface area contributed by atoms with Gasteiger partial charge in [-0.15, -0.1) is 0 Å². The second-order valence-corrected chi connectivity index (χ2v) is 8.95. The van der Waals surface area contributed by atoms with Crippen LogP contribution in [0.25, 0.3) is 0 Å². The molecule has 1 aliphatic carbocycles. The van der Waals surface area contributed by atoms with E-state index in [1.165, 1.54) is 12.1 Å². The molecule has 3 fully saturated rings. The van der Waals surface area contributed by atoms with Crippen LogP contribution in [0.5, 0.6) is 0 Å². The molecular weight excluding hydrogens is 407 g/mol. The minimum Gasteiger partial charge on any atom is -0.394 e. The first-order chi connectivity index (χ1) is 15.5. The number of carbonyl (C=O) groups excluding carboxylic acids is 2. The fourth-order valence-corrected chi connectivity index (χ4v) is 4.89. The van der Waals surface area contributed by atoms with Gasteiger partial charge in [0.2, 0.25) is 11.8 Å². The Morgan fingerprint density at radius 1 is 1.09 bits per heavy atom. The Labute approximate surface area is 186 Å². The molecule has 3 atom stereocenters. The number of carbonyl (C=O) groups is 2. The van der Waals surface area contributed by atoms with Crippen LogP contribution < -0.4 is 0 Å². The molecule has 3 aliphatic rings. The van der Waals surface area contributed by atoms with Gasteiger partial charge in [0.1, 0.15) is 5.82 Å². The lowest BCUT2D eigenvalue weighted by atomic mass is 9.73. The van der Waals surface area contributed by atoms with Crippen LogP contribution in [0.3, 0.4) is 0 Å². The Morgan fingerprint density at radius 3 is 2.53 bits per heavy atom. The molecule has 164 valence electrons. The summed E-state index contributed by atoms with van der Waals surface area (Å²) < 4.78 is 13.3. The van der Waals surface area contributed by atoms with Gasteiger partial charge in [0.25, 0.3) is 0 Å². The SMILES string of the molecule is O=C(CC1CC1)N1CC(=O)N2[C@H](CO)[C@H](c3ccc(C#Cc4cccc(F)c4)cc3)[C@@H]2C1. The average molecular weight is 432 g/mol. The van der Waals surface area contributed by atoms with Gasteiger partial charge in [-0.25, -0.2) is 4.39 Å². The van der Waals surface area contributed by atoms with Crippen molar-refractivity contribution in [1.29, 1.82) is 0 Å². The number of aliphatic hydroxyl groups is 1. The van der Waals surface area contributed by atoms with E-state index in [0.717, 1.165) is 24.0 Å². The van der Waals surface area contributed by atoms with Crippen molar-refractivity contribution < 1.29 is 19.1 Å². The topological polar surface area (TPSA) is 60.9 Å². The molecule has 2 heterocycles. The summed E-state index contributed by atoms with van der Waals surface area (Å²) in [6, 6.07) is 13.5. The molecule has 32 heavy (non-hydrogen) atoms. The molecule has 0 radical (unpaired) electrons. The highest BCUT2D eigenvalue weighted by atomic mass is 19.1. The van der Waals surface area contributed by atoms with Gasteiger partial charge in [-0.1, -0.05) is 30.0 Å². The van der Waals surface area contributed by atoms with E-state index < -0.39 is 0 Å². The quantitative estimate of drug-likeness (QED) is 0.756. The van der Waals surface area contributed by atoms with Crippen molar-refractivity contribution in [2.24, 2.45) is 5.92 Å². The molecule has 6 heteroatoms. The third-order valence-corrected chi connectivity index (χ3v) is 6.74. The fourth-order valence-electron chi connectivity index (χ4n) is 4.89. The van der Waals surface area contributed by atoms with E-state index in [1.54, 1.807) is 21.9 Å². The molecule has 1 saturated carbocycles. The largest absolute Gasteiger partial charge is 0.394 e. The van der Waals surface area contributed by atoms with Crippen LogP contribution >= 0.6 is 0 Å². The van der Waals surface area contributed by atoms with E-state index >= 15 is 0 Å². The van der Waals surface area contributed by atoms with Crippen molar-refractivity contribution in [3.63, 3.8) is 0 Å². The summed E-state index contributed by atoms with van der Waals surface area (Å²) in [5, 5.41) is 9.94. The van der Waals surface area contributed by atoms with E-state index in [-0.39, 0.29) is 48.8 Å². The maximum Gasteiger partial charge on any atom is 0.242 e. The summed E-state index contributed by atoms with van der Waals surface area (Å²) in [6.07, 6.45) is 2.74. The Kier molecular flexibility index (Phi) is 5.44. The summed E-state index contributed by atoms with van der Waals surface area (Å²) in [5.41, 5.74) is 2.43. The molecule has 0 spiro atoms. The van der Waals surface area contributed by atoms with Gasteiger partial charge in [0, 0.05) is 30.0 Å². The number of nitrogens with zero attached hydrogens (tertiary/aromatic N) is 2. The molecule has 2 aromatic rings. The number of benzene rings is 2. The van der Waals surface area contributed by atoms with Crippen LogP contribution in [-0.2, 0) is 9.59 Å². The molecule has 0 aromatic heterocycles. The van der Waals surface area contributed by atoms with Gasteiger partial charge in [0.05, 0.1) is 25.2 Å². The van der Waals surface area contributed by atoms with Crippen molar-refractivity contribution in [3.8, 4) is 11.8 Å². The number of aliphatic hydroxyl groups excluding tert-OH is 1. The monoisotopic (exact) mass is 432 g/mol. The van der Waals surface area contributed by atoms with E-state index in [4.69, 9.17) is 0 Å². The number of amides is 2. The van der Waals surface area contributed by atoms with Crippen LogP contribution in [-0.4, -0.2) is 58.5 Å². The average Bonchev–Trinajstić information content (AvgIpc) is 3.58. The first-order valence-corrected chi connectivity index (χ1v) is 11.1. The molecule has 2 saturated heterocycles. The predicted molar refractivity (Wildman–Crippen MR) is 117 cm³/mol. The van der Waals surface area contributed by atoms with Crippen molar-refractivity contribution in [1.82, 2.24) is 9.80 Å². The highest BCUT2D eigenvalue weighted by Crippen LogP contribution is 2.43. The number of hydrogen-bond donors (Lipinski definition) is 1.